The molecule has 6 heterocycles. The molecule has 0 amide bonds. The maximum absolute atomic E-state index is 11.7. The van der Waals surface area contributed by atoms with Gasteiger partial charge in [0.2, 0.25) is 11.9 Å². The number of nitrogen functional groups attached to an aromatic ring is 2. The summed E-state index contributed by atoms with van der Waals surface area (Å²) in [6.45, 7) is -0.894. The van der Waals surface area contributed by atoms with E-state index in [4.69, 9.17) is 108 Å². The lowest BCUT2D eigenvalue weighted by Gasteiger charge is -2.16. The Morgan fingerprint density at radius 3 is 1.02 bits per heavy atom. The minimum absolute atomic E-state index is 0.0388. The number of hydrogen-bond acceptors (Lipinski definition) is 20. The molecule has 2 aliphatic rings. The zero-order valence-electron chi connectivity index (χ0n) is 29.1. The van der Waals surface area contributed by atoms with Crippen LogP contribution >= 0.6 is 31.3 Å². The second-order valence-corrected chi connectivity index (χ2v) is 15.2. The number of phosphoric acid groups is 4. The Kier molecular flexibility index (Phi) is 19.9. The summed E-state index contributed by atoms with van der Waals surface area (Å²) in [5.74, 6) is -0.202. The van der Waals surface area contributed by atoms with E-state index >= 15 is 0 Å². The van der Waals surface area contributed by atoms with Crippen LogP contribution < -0.4 is 22.6 Å². The van der Waals surface area contributed by atoms with E-state index in [0.29, 0.717) is 0 Å². The van der Waals surface area contributed by atoms with Gasteiger partial charge >= 0.3 is 31.3 Å². The molecule has 40 heteroatoms. The molecule has 0 saturated carbocycles. The molecule has 4 aromatic heterocycles. The van der Waals surface area contributed by atoms with Gasteiger partial charge in [0.1, 0.15) is 36.6 Å². The average molecular weight is 958 g/mol. The molecule has 0 bridgehead atoms. The van der Waals surface area contributed by atoms with Crippen LogP contribution in [0.1, 0.15) is 12.5 Å². The van der Waals surface area contributed by atoms with Crippen LogP contribution in [0.3, 0.4) is 0 Å². The van der Waals surface area contributed by atoms with Crippen molar-refractivity contribution in [3.8, 4) is 0 Å². The van der Waals surface area contributed by atoms with Crippen molar-refractivity contribution in [2.45, 2.75) is 49.1 Å². The Hall–Kier alpha value is -3.58. The number of hydrogen-bond donors (Lipinski definition) is 22. The van der Waals surface area contributed by atoms with Gasteiger partial charge < -0.3 is 110 Å². The zero-order chi connectivity index (χ0) is 46.9. The van der Waals surface area contributed by atoms with E-state index in [1.54, 1.807) is 0 Å². The van der Waals surface area contributed by atoms with Gasteiger partial charge in [-0.15, -0.1) is 0 Å². The fourth-order valence-electron chi connectivity index (χ4n) is 4.48. The summed E-state index contributed by atoms with van der Waals surface area (Å²) in [6, 6.07) is 0. The minimum Gasteiger partial charge on any atom is -0.394 e. The fraction of sp³-hybridized carbons (Fsp3) is 0.500. The molecule has 2 aliphatic heterocycles. The van der Waals surface area contributed by atoms with Crippen LogP contribution in [0.15, 0.2) is 22.2 Å². The first-order chi connectivity index (χ1) is 27.0. The number of nitrogens with zero attached hydrogens (tertiary/aromatic N) is 6. The predicted octanol–water partition coefficient (Wildman–Crippen LogP) is -9.09. The van der Waals surface area contributed by atoms with Gasteiger partial charge in [-0.05, 0) is 0 Å². The van der Waals surface area contributed by atoms with Gasteiger partial charge in [-0.1, -0.05) is 0 Å². The lowest BCUT2D eigenvalue weighted by atomic mass is 10.1. The monoisotopic (exact) mass is 958 g/mol. The third-order valence-electron chi connectivity index (χ3n) is 6.48. The molecule has 60 heavy (non-hydrogen) atoms. The number of aromatic amines is 2. The zero-order valence-corrected chi connectivity index (χ0v) is 32.7. The van der Waals surface area contributed by atoms with Gasteiger partial charge in [0, 0.05) is 0 Å². The molecular weight excluding hydrogens is 920 g/mol. The Morgan fingerprint density at radius 1 is 0.550 bits per heavy atom. The van der Waals surface area contributed by atoms with Crippen molar-refractivity contribution in [1.29, 1.82) is 0 Å². The highest BCUT2D eigenvalue weighted by atomic mass is 31.2. The normalized spacial score (nSPS) is 24.0. The van der Waals surface area contributed by atoms with Crippen LogP contribution in [0.25, 0.3) is 22.3 Å². The number of ether oxygens (including phenoxy) is 2. The SMILES string of the molecule is Nc1nc2c(ncn2[C@@H]2O[C@H](CO)[C@@H](O)[C@H]2O)c(=O)[nH]1.Nc1nc2c(ncn2[C@@H]2O[C@H](CO)[C@@H](O)[C@H]2O)c(=O)[nH]1.O=P(O)(O)O.O=P(O)(O)O.O=P(O)(O)O.O=P(O)(O)O. The van der Waals surface area contributed by atoms with E-state index in [9.17, 15) is 30.0 Å². The summed E-state index contributed by atoms with van der Waals surface area (Å²) < 4.78 is 48.8. The number of aliphatic hydroxyl groups excluding tert-OH is 6. The number of fused-ring (bicyclic) bond motifs is 2. The van der Waals surface area contributed by atoms with Crippen LogP contribution in [0.2, 0.25) is 0 Å². The summed E-state index contributed by atoms with van der Waals surface area (Å²) in [4.78, 5) is 130. The molecule has 0 radical (unpaired) electrons. The smallest absolute Gasteiger partial charge is 0.394 e. The van der Waals surface area contributed by atoms with Crippen molar-refractivity contribution >= 4 is 65.5 Å². The van der Waals surface area contributed by atoms with Crippen molar-refractivity contribution in [2.75, 3.05) is 24.7 Å². The molecule has 2 fully saturated rings. The average Bonchev–Trinajstić information content (AvgIpc) is 3.79. The molecule has 0 spiro atoms. The molecule has 36 nitrogen and oxygen atoms in total. The number of rotatable bonds is 4. The van der Waals surface area contributed by atoms with Crippen LogP contribution in [-0.2, 0) is 27.7 Å². The predicted molar refractivity (Wildman–Crippen MR) is 188 cm³/mol. The quantitative estimate of drug-likeness (QED) is 0.0845. The van der Waals surface area contributed by atoms with Crippen molar-refractivity contribution in [1.82, 2.24) is 39.0 Å². The molecular formula is C20H38N10O26P4. The van der Waals surface area contributed by atoms with E-state index in [-0.39, 0.29) is 34.2 Å². The topological polar surface area (TPSA) is 630 Å². The Bertz CT molecular complexity index is 2080. The summed E-state index contributed by atoms with van der Waals surface area (Å²) in [7, 11) is -18.6. The first kappa shape index (κ1) is 54.4. The largest absolute Gasteiger partial charge is 0.466 e. The minimum atomic E-state index is -4.64. The van der Waals surface area contributed by atoms with Gasteiger partial charge in [-0.3, -0.25) is 28.7 Å². The van der Waals surface area contributed by atoms with E-state index < -0.39 is 105 Å². The third-order valence-corrected chi connectivity index (χ3v) is 6.48. The molecule has 0 unspecified atom stereocenters. The summed E-state index contributed by atoms with van der Waals surface area (Å²) in [5.41, 5.74) is 10.2. The molecule has 0 aromatic carbocycles. The standard InChI is InChI=1S/2C10H13N5O5.4H3O4P/c2*11-10-13-7-4(8(19)14-10)12-2-15(7)9-6(18)5(17)3(1-16)20-9;4*1-5(2,3)4/h2*2-3,5-6,9,16-18H,1H2,(H3,11,13,14,19);4*(H3,1,2,3,4)/t2*3-,5-,6-,9-;;;;/m11..../s1. The summed E-state index contributed by atoms with van der Waals surface area (Å²) >= 11 is 0. The van der Waals surface area contributed by atoms with Crippen LogP contribution in [0, 0.1) is 0 Å². The van der Waals surface area contributed by atoms with Crippen molar-refractivity contribution in [3.05, 3.63) is 33.4 Å². The number of aromatic nitrogens is 8. The number of nitrogens with one attached hydrogen (secondary N) is 2. The molecule has 344 valence electrons. The maximum atomic E-state index is 11.7. The molecule has 0 aliphatic carbocycles. The lowest BCUT2D eigenvalue weighted by Crippen LogP contribution is -2.33. The van der Waals surface area contributed by atoms with Gasteiger partial charge in [-0.2, -0.15) is 9.97 Å². The highest BCUT2D eigenvalue weighted by Crippen LogP contribution is 2.32. The highest BCUT2D eigenvalue weighted by Gasteiger charge is 2.45. The second-order valence-electron chi connectivity index (χ2n) is 11.1. The number of imidazole rings is 2. The first-order valence-corrected chi connectivity index (χ1v) is 21.1. The summed E-state index contributed by atoms with van der Waals surface area (Å²) in [5, 5.41) is 57.5. The number of nitrogens with two attached hydrogens (primary N) is 2. The fourth-order valence-corrected chi connectivity index (χ4v) is 4.48. The van der Waals surface area contributed by atoms with E-state index in [2.05, 4.69) is 29.9 Å². The Morgan fingerprint density at radius 2 is 0.800 bits per heavy atom. The summed E-state index contributed by atoms with van der Waals surface area (Å²) in [6.07, 6.45) is -6.43. The second kappa shape index (κ2) is 22.0. The Labute approximate surface area is 328 Å². The van der Waals surface area contributed by atoms with Crippen LogP contribution in [0.5, 0.6) is 0 Å². The molecule has 4 aromatic rings. The van der Waals surface area contributed by atoms with E-state index in [1.165, 1.54) is 21.8 Å². The van der Waals surface area contributed by atoms with Gasteiger partial charge in [0.25, 0.3) is 11.1 Å². The van der Waals surface area contributed by atoms with E-state index in [1.807, 2.05) is 0 Å². The highest BCUT2D eigenvalue weighted by molar-refractivity contribution is 7.45. The Balaban J connectivity index is 0.000000417. The molecule has 6 rings (SSSR count). The van der Waals surface area contributed by atoms with E-state index in [0.717, 1.165) is 0 Å². The van der Waals surface area contributed by atoms with Gasteiger partial charge in [-0.25, -0.2) is 28.2 Å². The third kappa shape index (κ3) is 19.0. The first-order valence-electron chi connectivity index (χ1n) is 14.9. The van der Waals surface area contributed by atoms with Gasteiger partial charge in [0.05, 0.1) is 25.9 Å². The number of anilines is 2. The lowest BCUT2D eigenvalue weighted by molar-refractivity contribution is -0.0511. The van der Waals surface area contributed by atoms with Crippen LogP contribution in [-0.4, -0.2) is 178 Å². The molecule has 24 N–H and O–H groups in total. The van der Waals surface area contributed by atoms with Gasteiger partial charge in [0.15, 0.2) is 34.8 Å². The van der Waals surface area contributed by atoms with Crippen molar-refractivity contribution < 1.29 is 117 Å². The van der Waals surface area contributed by atoms with Crippen LogP contribution in [0.4, 0.5) is 11.9 Å². The van der Waals surface area contributed by atoms with Crippen molar-refractivity contribution in [2.24, 2.45) is 0 Å². The molecule has 2 saturated heterocycles. The van der Waals surface area contributed by atoms with Crippen molar-refractivity contribution in [3.63, 3.8) is 0 Å². The number of H-pyrrole nitrogens is 2. The maximum Gasteiger partial charge on any atom is 0.466 e. The molecule has 8 atom stereocenters. The number of aliphatic hydroxyl groups is 6.